The van der Waals surface area contributed by atoms with Gasteiger partial charge in [-0.15, -0.1) is 11.8 Å². The van der Waals surface area contributed by atoms with E-state index >= 15 is 0 Å². The lowest BCUT2D eigenvalue weighted by Crippen LogP contribution is -2.12. The van der Waals surface area contributed by atoms with Gasteiger partial charge in [0.15, 0.2) is 5.13 Å². The Morgan fingerprint density at radius 3 is 2.44 bits per heavy atom. The van der Waals surface area contributed by atoms with Gasteiger partial charge in [0.1, 0.15) is 16.0 Å². The molecule has 0 spiro atoms. The van der Waals surface area contributed by atoms with Crippen molar-refractivity contribution in [3.8, 4) is 11.5 Å². The van der Waals surface area contributed by atoms with E-state index in [1.54, 1.807) is 19.1 Å². The second-order valence-corrected chi connectivity index (χ2v) is 7.83. The second kappa shape index (κ2) is 8.54. The van der Waals surface area contributed by atoms with E-state index in [1.165, 1.54) is 37.3 Å². The lowest BCUT2D eigenvalue weighted by atomic mass is 10.2. The molecule has 134 valence electrons. The van der Waals surface area contributed by atoms with E-state index in [0.29, 0.717) is 26.7 Å². The van der Waals surface area contributed by atoms with E-state index in [2.05, 4.69) is 26.2 Å². The van der Waals surface area contributed by atoms with Gasteiger partial charge in [-0.25, -0.2) is 4.98 Å². The molecule has 2 aromatic rings. The zero-order chi connectivity index (χ0) is 18.6. The Morgan fingerprint density at radius 1 is 1.32 bits per heavy atom. The number of rotatable bonds is 7. The van der Waals surface area contributed by atoms with Gasteiger partial charge in [-0.05, 0) is 35.0 Å². The highest BCUT2D eigenvalue weighted by Gasteiger charge is 2.17. The maximum Gasteiger partial charge on any atom is 0.257 e. The van der Waals surface area contributed by atoms with Crippen LogP contribution in [0.3, 0.4) is 0 Å². The van der Waals surface area contributed by atoms with Crippen molar-refractivity contribution in [2.75, 3.05) is 25.3 Å². The molecule has 0 aliphatic heterocycles. The molecule has 0 fully saturated rings. The number of nitrogens with two attached hydrogens (primary N) is 1. The normalized spacial score (nSPS) is 10.4. The molecular weight excluding hydrogens is 430 g/mol. The Labute approximate surface area is 161 Å². The Kier molecular flexibility index (Phi) is 6.68. The van der Waals surface area contributed by atoms with Gasteiger partial charge in [-0.3, -0.25) is 14.9 Å². The van der Waals surface area contributed by atoms with Gasteiger partial charge in [0, 0.05) is 5.56 Å². The number of benzene rings is 1. The number of aromatic nitrogens is 1. The standard InChI is InChI=1S/C15H16BrN3O4S2/c1-7-14(24-6-11(17)20)25-15(18-7)19-13(21)8-4-9(22-2)12(16)10(5-8)23-3/h4-5H,6H2,1-3H3,(H2,17,20)(H,18,19,21). The highest BCUT2D eigenvalue weighted by atomic mass is 79.9. The summed E-state index contributed by atoms with van der Waals surface area (Å²) in [6.07, 6.45) is 0. The van der Waals surface area contributed by atoms with Gasteiger partial charge in [0.05, 0.1) is 29.9 Å². The van der Waals surface area contributed by atoms with Crippen LogP contribution in [0.25, 0.3) is 0 Å². The number of thiazole rings is 1. The molecule has 0 bridgehead atoms. The van der Waals surface area contributed by atoms with Gasteiger partial charge in [-0.1, -0.05) is 11.3 Å². The summed E-state index contributed by atoms with van der Waals surface area (Å²) >= 11 is 5.95. The quantitative estimate of drug-likeness (QED) is 0.634. The SMILES string of the molecule is COc1cc(C(=O)Nc2nc(C)c(SCC(N)=O)s2)cc(OC)c1Br. The molecule has 25 heavy (non-hydrogen) atoms. The van der Waals surface area contributed by atoms with Crippen molar-refractivity contribution in [1.29, 1.82) is 0 Å². The van der Waals surface area contributed by atoms with E-state index in [1.807, 2.05) is 0 Å². The van der Waals surface area contributed by atoms with Crippen molar-refractivity contribution in [2.24, 2.45) is 5.73 Å². The molecule has 1 heterocycles. The first-order valence-corrected chi connectivity index (χ1v) is 9.56. The third-order valence-corrected chi connectivity index (χ3v) is 6.27. The molecule has 0 atom stereocenters. The number of amides is 2. The lowest BCUT2D eigenvalue weighted by Gasteiger charge is -2.11. The molecule has 10 heteroatoms. The summed E-state index contributed by atoms with van der Waals surface area (Å²) in [7, 11) is 3.02. The van der Waals surface area contributed by atoms with Crippen LogP contribution >= 0.6 is 39.0 Å². The zero-order valence-electron chi connectivity index (χ0n) is 13.7. The van der Waals surface area contributed by atoms with Crippen LogP contribution in [0.4, 0.5) is 5.13 Å². The van der Waals surface area contributed by atoms with Gasteiger partial charge in [0.2, 0.25) is 5.91 Å². The highest BCUT2D eigenvalue weighted by Crippen LogP contribution is 2.36. The van der Waals surface area contributed by atoms with Crippen LogP contribution in [0, 0.1) is 6.92 Å². The largest absolute Gasteiger partial charge is 0.495 e. The molecule has 1 aromatic heterocycles. The third-order valence-electron chi connectivity index (χ3n) is 3.03. The predicted octanol–water partition coefficient (Wildman–Crippen LogP) is 3.06. The summed E-state index contributed by atoms with van der Waals surface area (Å²) in [4.78, 5) is 27.7. The van der Waals surface area contributed by atoms with Crippen molar-refractivity contribution in [1.82, 2.24) is 4.98 Å². The topological polar surface area (TPSA) is 104 Å². The minimum atomic E-state index is -0.405. The Morgan fingerprint density at radius 2 is 1.92 bits per heavy atom. The Bertz CT molecular complexity index is 785. The zero-order valence-corrected chi connectivity index (χ0v) is 16.9. The van der Waals surface area contributed by atoms with E-state index in [9.17, 15) is 9.59 Å². The summed E-state index contributed by atoms with van der Waals surface area (Å²) in [5, 5.41) is 3.18. The molecule has 0 saturated heterocycles. The number of methoxy groups -OCH3 is 2. The monoisotopic (exact) mass is 445 g/mol. The Balaban J connectivity index is 2.20. The van der Waals surface area contributed by atoms with Crippen molar-refractivity contribution in [3.63, 3.8) is 0 Å². The predicted molar refractivity (Wildman–Crippen MR) is 102 cm³/mol. The Hall–Kier alpha value is -1.78. The van der Waals surface area contributed by atoms with E-state index < -0.39 is 5.91 Å². The number of carbonyl (C=O) groups is 2. The second-order valence-electron chi connectivity index (χ2n) is 4.80. The van der Waals surface area contributed by atoms with Crippen LogP contribution in [0.15, 0.2) is 20.8 Å². The average Bonchev–Trinajstić information content (AvgIpc) is 2.92. The molecule has 2 amide bonds. The minimum Gasteiger partial charge on any atom is -0.495 e. The molecule has 0 saturated carbocycles. The summed E-state index contributed by atoms with van der Waals surface area (Å²) < 4.78 is 11.9. The minimum absolute atomic E-state index is 0.164. The number of aryl methyl sites for hydroxylation is 1. The smallest absolute Gasteiger partial charge is 0.257 e. The molecule has 7 nitrogen and oxygen atoms in total. The third kappa shape index (κ3) is 4.86. The fourth-order valence-corrected chi connectivity index (χ4v) is 4.30. The number of carbonyl (C=O) groups excluding carboxylic acids is 2. The van der Waals surface area contributed by atoms with E-state index in [-0.39, 0.29) is 11.7 Å². The van der Waals surface area contributed by atoms with Crippen molar-refractivity contribution >= 4 is 56.0 Å². The summed E-state index contributed by atoms with van der Waals surface area (Å²) in [6, 6.07) is 3.20. The molecule has 0 aliphatic carbocycles. The number of nitrogens with zero attached hydrogens (tertiary/aromatic N) is 1. The molecule has 0 radical (unpaired) electrons. The fourth-order valence-electron chi connectivity index (χ4n) is 1.88. The van der Waals surface area contributed by atoms with Crippen LogP contribution in [0.2, 0.25) is 0 Å². The van der Waals surface area contributed by atoms with Gasteiger partial charge in [-0.2, -0.15) is 0 Å². The molecule has 2 rings (SSSR count). The molecule has 3 N–H and O–H groups in total. The summed E-state index contributed by atoms with van der Waals surface area (Å²) in [5.74, 6) is 0.383. The van der Waals surface area contributed by atoms with Crippen LogP contribution in [-0.4, -0.2) is 36.8 Å². The van der Waals surface area contributed by atoms with Gasteiger partial charge >= 0.3 is 0 Å². The first-order chi connectivity index (χ1) is 11.8. The molecule has 0 unspecified atom stereocenters. The number of nitrogens with one attached hydrogen (secondary N) is 1. The number of hydrogen-bond donors (Lipinski definition) is 2. The number of ether oxygens (including phenoxy) is 2. The molecule has 0 aliphatic rings. The molecule has 1 aromatic carbocycles. The number of hydrogen-bond acceptors (Lipinski definition) is 7. The van der Waals surface area contributed by atoms with Gasteiger partial charge in [0.25, 0.3) is 5.91 Å². The van der Waals surface area contributed by atoms with Crippen LogP contribution in [0.1, 0.15) is 16.1 Å². The van der Waals surface area contributed by atoms with Gasteiger partial charge < -0.3 is 15.2 Å². The van der Waals surface area contributed by atoms with E-state index in [0.717, 1.165) is 9.90 Å². The summed E-state index contributed by atoms with van der Waals surface area (Å²) in [6.45, 7) is 1.81. The number of halogens is 1. The average molecular weight is 446 g/mol. The molecular formula is C15H16BrN3O4S2. The first-order valence-electron chi connectivity index (χ1n) is 6.97. The highest BCUT2D eigenvalue weighted by molar-refractivity contribution is 9.10. The van der Waals surface area contributed by atoms with Crippen LogP contribution in [0.5, 0.6) is 11.5 Å². The van der Waals surface area contributed by atoms with Crippen molar-refractivity contribution < 1.29 is 19.1 Å². The summed E-state index contributed by atoms with van der Waals surface area (Å²) in [5.41, 5.74) is 6.25. The number of primary amides is 1. The van der Waals surface area contributed by atoms with Crippen LogP contribution in [-0.2, 0) is 4.79 Å². The maximum atomic E-state index is 12.5. The number of anilines is 1. The lowest BCUT2D eigenvalue weighted by molar-refractivity contribution is -0.115. The van der Waals surface area contributed by atoms with E-state index in [4.69, 9.17) is 15.2 Å². The van der Waals surface area contributed by atoms with Crippen molar-refractivity contribution in [3.05, 3.63) is 27.9 Å². The number of thioether (sulfide) groups is 1. The van der Waals surface area contributed by atoms with Crippen LogP contribution < -0.4 is 20.5 Å². The maximum absolute atomic E-state index is 12.5. The fraction of sp³-hybridized carbons (Fsp3) is 0.267. The van der Waals surface area contributed by atoms with Crippen molar-refractivity contribution in [2.45, 2.75) is 11.1 Å². The first kappa shape index (κ1) is 19.5.